The Hall–Kier alpha value is -1.32. The summed E-state index contributed by atoms with van der Waals surface area (Å²) in [5.41, 5.74) is 0. The molecule has 0 rings (SSSR count). The Morgan fingerprint density at radius 3 is 1.94 bits per heavy atom. The first-order valence-electron chi connectivity index (χ1n) is 6.55. The molecular formula is C14H24O4. The highest BCUT2D eigenvalue weighted by Crippen LogP contribution is 2.08. The quantitative estimate of drug-likeness (QED) is 0.275. The van der Waals surface area contributed by atoms with E-state index in [4.69, 9.17) is 9.47 Å². The smallest absolute Gasteiger partial charge is 0.305 e. The zero-order valence-corrected chi connectivity index (χ0v) is 11.6. The van der Waals surface area contributed by atoms with E-state index in [0.29, 0.717) is 6.42 Å². The molecule has 0 saturated carbocycles. The number of rotatable bonds is 9. The van der Waals surface area contributed by atoms with Crippen LogP contribution in [-0.2, 0) is 19.1 Å². The molecule has 0 aliphatic heterocycles. The van der Waals surface area contributed by atoms with E-state index in [0.717, 1.165) is 19.3 Å². The molecule has 4 nitrogen and oxygen atoms in total. The molecule has 0 heterocycles. The third-order valence-corrected chi connectivity index (χ3v) is 2.30. The minimum absolute atomic E-state index is 0.431. The van der Waals surface area contributed by atoms with Crippen molar-refractivity contribution >= 4 is 11.9 Å². The van der Waals surface area contributed by atoms with Gasteiger partial charge in [0.1, 0.15) is 0 Å². The average molecular weight is 256 g/mol. The fourth-order valence-corrected chi connectivity index (χ4v) is 1.47. The highest BCUT2D eigenvalue weighted by molar-refractivity contribution is 5.68. The van der Waals surface area contributed by atoms with Gasteiger partial charge in [-0.15, -0.1) is 0 Å². The molecule has 104 valence electrons. The number of ether oxygens (including phenoxy) is 2. The summed E-state index contributed by atoms with van der Waals surface area (Å²) in [5.74, 6) is -0.862. The lowest BCUT2D eigenvalue weighted by molar-refractivity contribution is -0.185. The number of carbonyl (C=O) groups excluding carboxylic acids is 2. The first kappa shape index (κ1) is 16.7. The third-order valence-electron chi connectivity index (χ3n) is 2.30. The van der Waals surface area contributed by atoms with Crippen LogP contribution < -0.4 is 0 Å². The second-order valence-electron chi connectivity index (χ2n) is 4.19. The number of allylic oxidation sites excluding steroid dienone is 2. The summed E-state index contributed by atoms with van der Waals surface area (Å²) in [6.45, 7) is 4.78. The molecule has 0 atom stereocenters. The fourth-order valence-electron chi connectivity index (χ4n) is 1.47. The average Bonchev–Trinajstić information content (AvgIpc) is 2.26. The molecule has 0 amide bonds. The van der Waals surface area contributed by atoms with Crippen molar-refractivity contribution in [1.82, 2.24) is 0 Å². The van der Waals surface area contributed by atoms with Crippen LogP contribution in [0.15, 0.2) is 12.2 Å². The number of unbranched alkanes of at least 4 members (excludes halogenated alkanes) is 3. The van der Waals surface area contributed by atoms with Gasteiger partial charge in [0.2, 0.25) is 6.29 Å². The summed E-state index contributed by atoms with van der Waals surface area (Å²) < 4.78 is 9.80. The van der Waals surface area contributed by atoms with Gasteiger partial charge in [-0.25, -0.2) is 0 Å². The Labute approximate surface area is 109 Å². The highest BCUT2D eigenvalue weighted by Gasteiger charge is 2.13. The predicted octanol–water partition coefficient (Wildman–Crippen LogP) is 3.36. The molecule has 0 aliphatic carbocycles. The molecule has 18 heavy (non-hydrogen) atoms. The van der Waals surface area contributed by atoms with Crippen LogP contribution in [0.3, 0.4) is 0 Å². The standard InChI is InChI=1S/C14H24O4/c1-4-5-6-7-8-9-10-11-14(17-12(2)15)18-13(3)16/h7-8,14H,4-6,9-11H2,1-3H3/b8-7+. The molecular weight excluding hydrogens is 232 g/mol. The van der Waals surface area contributed by atoms with Gasteiger partial charge in [-0.3, -0.25) is 9.59 Å². The van der Waals surface area contributed by atoms with Gasteiger partial charge in [-0.05, 0) is 19.3 Å². The van der Waals surface area contributed by atoms with Crippen molar-refractivity contribution < 1.29 is 19.1 Å². The van der Waals surface area contributed by atoms with Crippen molar-refractivity contribution in [2.24, 2.45) is 0 Å². The maximum atomic E-state index is 10.8. The molecule has 0 saturated heterocycles. The van der Waals surface area contributed by atoms with Crippen molar-refractivity contribution in [3.63, 3.8) is 0 Å². The molecule has 0 aliphatic rings. The van der Waals surface area contributed by atoms with Crippen LogP contribution in [0.25, 0.3) is 0 Å². The largest absolute Gasteiger partial charge is 0.425 e. The van der Waals surface area contributed by atoms with E-state index < -0.39 is 18.2 Å². The maximum Gasteiger partial charge on any atom is 0.305 e. The predicted molar refractivity (Wildman–Crippen MR) is 69.8 cm³/mol. The van der Waals surface area contributed by atoms with Crippen LogP contribution in [-0.4, -0.2) is 18.2 Å². The van der Waals surface area contributed by atoms with Gasteiger partial charge in [0, 0.05) is 20.3 Å². The van der Waals surface area contributed by atoms with E-state index in [1.807, 2.05) is 0 Å². The minimum Gasteiger partial charge on any atom is -0.425 e. The zero-order valence-electron chi connectivity index (χ0n) is 11.6. The van der Waals surface area contributed by atoms with Crippen molar-refractivity contribution in [3.05, 3.63) is 12.2 Å². The van der Waals surface area contributed by atoms with E-state index in [1.54, 1.807) is 0 Å². The molecule has 4 heteroatoms. The number of carbonyl (C=O) groups is 2. The number of hydrogen-bond donors (Lipinski definition) is 0. The summed E-state index contributed by atoms with van der Waals surface area (Å²) in [4.78, 5) is 21.6. The summed E-state index contributed by atoms with van der Waals surface area (Å²) in [6, 6.07) is 0. The topological polar surface area (TPSA) is 52.6 Å². The summed E-state index contributed by atoms with van der Waals surface area (Å²) >= 11 is 0. The SMILES string of the molecule is CCCC/C=C/CCCC(OC(C)=O)OC(C)=O. The Morgan fingerprint density at radius 2 is 1.50 bits per heavy atom. The molecule has 0 aromatic rings. The van der Waals surface area contributed by atoms with Crippen LogP contribution in [0.1, 0.15) is 59.3 Å². The third kappa shape index (κ3) is 11.2. The molecule has 0 spiro atoms. The van der Waals surface area contributed by atoms with Gasteiger partial charge < -0.3 is 9.47 Å². The van der Waals surface area contributed by atoms with E-state index in [-0.39, 0.29) is 0 Å². The first-order chi connectivity index (χ1) is 8.56. The summed E-state index contributed by atoms with van der Waals surface area (Å²) in [6.07, 6.45) is 9.32. The zero-order chi connectivity index (χ0) is 13.8. The van der Waals surface area contributed by atoms with Crippen molar-refractivity contribution in [2.45, 2.75) is 65.6 Å². The van der Waals surface area contributed by atoms with E-state index in [1.165, 1.54) is 26.7 Å². The van der Waals surface area contributed by atoms with Crippen molar-refractivity contribution in [2.75, 3.05) is 0 Å². The van der Waals surface area contributed by atoms with Gasteiger partial charge in [0.25, 0.3) is 0 Å². The maximum absolute atomic E-state index is 10.8. The summed E-state index contributed by atoms with van der Waals surface area (Å²) in [5, 5.41) is 0. The van der Waals surface area contributed by atoms with E-state index in [9.17, 15) is 9.59 Å². The van der Waals surface area contributed by atoms with Gasteiger partial charge in [-0.1, -0.05) is 31.9 Å². The molecule has 0 unspecified atom stereocenters. The number of esters is 2. The van der Waals surface area contributed by atoms with Crippen LogP contribution in [0.4, 0.5) is 0 Å². The van der Waals surface area contributed by atoms with Crippen LogP contribution in [0.2, 0.25) is 0 Å². The van der Waals surface area contributed by atoms with Crippen molar-refractivity contribution in [3.8, 4) is 0 Å². The van der Waals surface area contributed by atoms with Crippen LogP contribution >= 0.6 is 0 Å². The molecule has 0 aromatic carbocycles. The van der Waals surface area contributed by atoms with Gasteiger partial charge in [0.15, 0.2) is 0 Å². The lowest BCUT2D eigenvalue weighted by Crippen LogP contribution is -2.22. The number of hydrogen-bond acceptors (Lipinski definition) is 4. The summed E-state index contributed by atoms with van der Waals surface area (Å²) in [7, 11) is 0. The van der Waals surface area contributed by atoms with Crippen molar-refractivity contribution in [1.29, 1.82) is 0 Å². The van der Waals surface area contributed by atoms with Gasteiger partial charge >= 0.3 is 11.9 Å². The lowest BCUT2D eigenvalue weighted by Gasteiger charge is -2.15. The molecule has 0 N–H and O–H groups in total. The van der Waals surface area contributed by atoms with E-state index >= 15 is 0 Å². The Bertz CT molecular complexity index is 255. The Morgan fingerprint density at radius 1 is 1.00 bits per heavy atom. The second kappa shape index (κ2) is 10.8. The Balaban J connectivity index is 3.78. The Kier molecular flexibility index (Phi) is 10.0. The monoisotopic (exact) mass is 256 g/mol. The van der Waals surface area contributed by atoms with Gasteiger partial charge in [0.05, 0.1) is 0 Å². The molecule has 0 radical (unpaired) electrons. The van der Waals surface area contributed by atoms with E-state index in [2.05, 4.69) is 19.1 Å². The first-order valence-corrected chi connectivity index (χ1v) is 6.55. The van der Waals surface area contributed by atoms with Crippen LogP contribution in [0, 0.1) is 0 Å². The normalized spacial score (nSPS) is 10.9. The lowest BCUT2D eigenvalue weighted by atomic mass is 10.2. The fraction of sp³-hybridized carbons (Fsp3) is 0.714. The molecule has 0 bridgehead atoms. The minimum atomic E-state index is -0.746. The molecule has 0 fully saturated rings. The molecule has 0 aromatic heterocycles. The highest BCUT2D eigenvalue weighted by atomic mass is 16.7. The van der Waals surface area contributed by atoms with Gasteiger partial charge in [-0.2, -0.15) is 0 Å². The van der Waals surface area contributed by atoms with Crippen LogP contribution in [0.5, 0.6) is 0 Å². The second-order valence-corrected chi connectivity index (χ2v) is 4.19.